The van der Waals surface area contributed by atoms with E-state index in [0.717, 1.165) is 5.01 Å². The highest BCUT2D eigenvalue weighted by Gasteiger charge is 2.16. The zero-order valence-electron chi connectivity index (χ0n) is 14.7. The van der Waals surface area contributed by atoms with E-state index in [2.05, 4.69) is 15.3 Å². The fraction of sp³-hybridized carbons (Fsp3) is 0.167. The van der Waals surface area contributed by atoms with E-state index in [1.807, 2.05) is 6.07 Å². The molecule has 11 heteroatoms. The van der Waals surface area contributed by atoms with E-state index in [0.29, 0.717) is 43.8 Å². The second kappa shape index (κ2) is 7.58. The summed E-state index contributed by atoms with van der Waals surface area (Å²) in [6, 6.07) is 10.4. The van der Waals surface area contributed by atoms with E-state index in [1.54, 1.807) is 34.8 Å². The Balaban J connectivity index is 1.27. The van der Waals surface area contributed by atoms with Gasteiger partial charge in [0.2, 0.25) is 11.8 Å². The maximum absolute atomic E-state index is 6.13. The van der Waals surface area contributed by atoms with E-state index in [9.17, 15) is 0 Å². The Morgan fingerprint density at radius 1 is 1.00 bits per heavy atom. The predicted octanol–water partition coefficient (Wildman–Crippen LogP) is 4.38. The quantitative estimate of drug-likeness (QED) is 0.431. The van der Waals surface area contributed by atoms with Crippen molar-refractivity contribution in [3.63, 3.8) is 0 Å². The molecule has 3 heterocycles. The van der Waals surface area contributed by atoms with Crippen molar-refractivity contribution in [2.24, 2.45) is 0 Å². The summed E-state index contributed by atoms with van der Waals surface area (Å²) in [6.45, 7) is 0.667. The number of aromatic nitrogens is 4. The number of benzene rings is 2. The van der Waals surface area contributed by atoms with Gasteiger partial charge in [0.15, 0.2) is 22.3 Å². The lowest BCUT2D eigenvalue weighted by molar-refractivity contribution is 0.173. The predicted molar refractivity (Wildman–Crippen MR) is 106 cm³/mol. The molecule has 148 valence electrons. The molecule has 0 spiro atoms. The zero-order chi connectivity index (χ0) is 19.8. The van der Waals surface area contributed by atoms with Gasteiger partial charge in [0.25, 0.3) is 0 Å². The van der Waals surface area contributed by atoms with Crippen molar-refractivity contribution in [2.45, 2.75) is 13.2 Å². The molecule has 0 bridgehead atoms. The second-order valence-corrected chi connectivity index (χ2v) is 7.86. The molecule has 0 N–H and O–H groups in total. The Morgan fingerprint density at radius 3 is 2.79 bits per heavy atom. The summed E-state index contributed by atoms with van der Waals surface area (Å²) in [7, 11) is 0. The minimum Gasteiger partial charge on any atom is -0.485 e. The van der Waals surface area contributed by atoms with Gasteiger partial charge in [-0.05, 0) is 30.3 Å². The molecular weight excluding hydrogens is 439 g/mol. The Labute approximate surface area is 178 Å². The molecule has 0 fully saturated rings. The number of nitrogens with zero attached hydrogens (tertiary/aromatic N) is 4. The molecule has 2 aromatic carbocycles. The topological polar surface area (TPSA) is 80.0 Å². The number of halogens is 2. The Bertz CT molecular complexity index is 1200. The average molecular weight is 451 g/mol. The van der Waals surface area contributed by atoms with Crippen molar-refractivity contribution in [1.82, 2.24) is 19.8 Å². The third kappa shape index (κ3) is 3.76. The molecular formula is C18H12Cl2N4O4S. The van der Waals surface area contributed by atoms with Crippen LogP contribution in [0.4, 0.5) is 0 Å². The lowest BCUT2D eigenvalue weighted by atomic mass is 10.3. The SMILES string of the molecule is Clc1ccc(OCc2nn3c(COc4ccc5c(c4)OCO5)nnc3s2)c(Cl)c1. The van der Waals surface area contributed by atoms with Gasteiger partial charge in [0.05, 0.1) is 5.02 Å². The molecule has 0 atom stereocenters. The largest absolute Gasteiger partial charge is 0.485 e. The fourth-order valence-corrected chi connectivity index (χ4v) is 3.92. The fourth-order valence-electron chi connectivity index (χ4n) is 2.69. The minimum atomic E-state index is 0.202. The van der Waals surface area contributed by atoms with Crippen LogP contribution in [0.5, 0.6) is 23.0 Å². The number of rotatable bonds is 6. The first-order valence-electron chi connectivity index (χ1n) is 8.46. The van der Waals surface area contributed by atoms with Gasteiger partial charge in [-0.1, -0.05) is 34.5 Å². The van der Waals surface area contributed by atoms with Crippen molar-refractivity contribution < 1.29 is 18.9 Å². The standard InChI is InChI=1S/C18H12Cl2N4O4S/c19-10-1-3-13(12(20)5-10)26-8-17-23-24-16(21-22-18(24)29-17)7-25-11-2-4-14-15(6-11)28-9-27-14/h1-6H,7-9H2. The van der Waals surface area contributed by atoms with Gasteiger partial charge in [-0.3, -0.25) is 0 Å². The van der Waals surface area contributed by atoms with Crippen LogP contribution in [0.1, 0.15) is 10.8 Å². The van der Waals surface area contributed by atoms with E-state index >= 15 is 0 Å². The minimum absolute atomic E-state index is 0.202. The molecule has 0 radical (unpaired) electrons. The molecule has 0 saturated carbocycles. The average Bonchev–Trinajstić information content (AvgIpc) is 3.41. The highest BCUT2D eigenvalue weighted by Crippen LogP contribution is 2.35. The normalized spacial score (nSPS) is 12.5. The lowest BCUT2D eigenvalue weighted by Crippen LogP contribution is -2.03. The maximum atomic E-state index is 6.13. The summed E-state index contributed by atoms with van der Waals surface area (Å²) in [5, 5.41) is 14.5. The van der Waals surface area contributed by atoms with E-state index in [1.165, 1.54) is 11.3 Å². The van der Waals surface area contributed by atoms with E-state index < -0.39 is 0 Å². The van der Waals surface area contributed by atoms with Gasteiger partial charge in [-0.25, -0.2) is 0 Å². The van der Waals surface area contributed by atoms with Crippen LogP contribution in [0.15, 0.2) is 36.4 Å². The van der Waals surface area contributed by atoms with Crippen LogP contribution in [0.2, 0.25) is 10.0 Å². The molecule has 1 aliphatic rings. The molecule has 1 aliphatic heterocycles. The summed E-state index contributed by atoms with van der Waals surface area (Å²) in [6.07, 6.45) is 0. The highest BCUT2D eigenvalue weighted by molar-refractivity contribution is 7.16. The Hall–Kier alpha value is -2.75. The van der Waals surface area contributed by atoms with Crippen molar-refractivity contribution in [3.8, 4) is 23.0 Å². The van der Waals surface area contributed by atoms with E-state index in [-0.39, 0.29) is 20.0 Å². The smallest absolute Gasteiger partial charge is 0.234 e. The molecule has 0 aliphatic carbocycles. The zero-order valence-corrected chi connectivity index (χ0v) is 17.0. The summed E-state index contributed by atoms with van der Waals surface area (Å²) in [5.41, 5.74) is 0. The molecule has 2 aromatic heterocycles. The summed E-state index contributed by atoms with van der Waals surface area (Å²) < 4.78 is 23.8. The maximum Gasteiger partial charge on any atom is 0.234 e. The second-order valence-electron chi connectivity index (χ2n) is 5.97. The first kappa shape index (κ1) is 18.3. The molecule has 0 amide bonds. The monoisotopic (exact) mass is 450 g/mol. The van der Waals surface area contributed by atoms with Crippen molar-refractivity contribution in [3.05, 3.63) is 57.3 Å². The van der Waals surface area contributed by atoms with Crippen LogP contribution in [0.25, 0.3) is 4.96 Å². The van der Waals surface area contributed by atoms with Gasteiger partial charge in [0, 0.05) is 11.1 Å². The summed E-state index contributed by atoms with van der Waals surface area (Å²) in [5.74, 6) is 3.11. The lowest BCUT2D eigenvalue weighted by Gasteiger charge is -2.06. The summed E-state index contributed by atoms with van der Waals surface area (Å²) in [4.78, 5) is 0.648. The van der Waals surface area contributed by atoms with Crippen molar-refractivity contribution in [1.29, 1.82) is 0 Å². The van der Waals surface area contributed by atoms with Gasteiger partial charge >= 0.3 is 0 Å². The van der Waals surface area contributed by atoms with Crippen LogP contribution in [-0.2, 0) is 13.2 Å². The first-order valence-corrected chi connectivity index (χ1v) is 10.0. The van der Waals surface area contributed by atoms with Crippen LogP contribution >= 0.6 is 34.5 Å². The van der Waals surface area contributed by atoms with Gasteiger partial charge in [0.1, 0.15) is 24.7 Å². The van der Waals surface area contributed by atoms with Gasteiger partial charge in [-0.15, -0.1) is 10.2 Å². The molecule has 0 saturated heterocycles. The van der Waals surface area contributed by atoms with Gasteiger partial charge in [-0.2, -0.15) is 9.61 Å². The number of hydrogen-bond acceptors (Lipinski definition) is 8. The summed E-state index contributed by atoms with van der Waals surface area (Å²) >= 11 is 13.4. The van der Waals surface area contributed by atoms with Crippen LogP contribution in [-0.4, -0.2) is 26.6 Å². The third-order valence-corrected chi connectivity index (χ3v) is 5.46. The Morgan fingerprint density at radius 2 is 1.90 bits per heavy atom. The molecule has 5 rings (SSSR count). The molecule has 4 aromatic rings. The molecule has 29 heavy (non-hydrogen) atoms. The highest BCUT2D eigenvalue weighted by atomic mass is 35.5. The van der Waals surface area contributed by atoms with Crippen molar-refractivity contribution in [2.75, 3.05) is 6.79 Å². The van der Waals surface area contributed by atoms with Crippen LogP contribution < -0.4 is 18.9 Å². The first-order chi connectivity index (χ1) is 14.2. The number of ether oxygens (including phenoxy) is 4. The van der Waals surface area contributed by atoms with E-state index in [4.69, 9.17) is 42.1 Å². The van der Waals surface area contributed by atoms with Crippen molar-refractivity contribution >= 4 is 39.5 Å². The Kier molecular flexibility index (Phi) is 4.78. The number of hydrogen-bond donors (Lipinski definition) is 0. The molecule has 0 unspecified atom stereocenters. The van der Waals surface area contributed by atoms with Gasteiger partial charge < -0.3 is 18.9 Å². The number of fused-ring (bicyclic) bond motifs is 2. The van der Waals surface area contributed by atoms with Crippen LogP contribution in [0.3, 0.4) is 0 Å². The third-order valence-electron chi connectivity index (χ3n) is 4.05. The van der Waals surface area contributed by atoms with Crippen LogP contribution in [0, 0.1) is 0 Å². The molecule has 8 nitrogen and oxygen atoms in total.